The molecule has 0 unspecified atom stereocenters. The number of hydrogen-bond acceptors (Lipinski definition) is 4. The number of rotatable bonds is 9. The van der Waals surface area contributed by atoms with Gasteiger partial charge in [-0.2, -0.15) is 8.42 Å². The monoisotopic (exact) mass is 537 g/mol. The molecule has 212 valence electrons. The van der Waals surface area contributed by atoms with E-state index in [2.05, 4.69) is 26.1 Å². The lowest BCUT2D eigenvalue weighted by Crippen LogP contribution is -2.53. The van der Waals surface area contributed by atoms with E-state index in [-0.39, 0.29) is 11.8 Å². The van der Waals surface area contributed by atoms with E-state index >= 15 is 0 Å². The molecule has 4 saturated carbocycles. The Labute approximate surface area is 225 Å². The van der Waals surface area contributed by atoms with Crippen LogP contribution in [0.2, 0.25) is 0 Å². The maximum absolute atomic E-state index is 12.8. The van der Waals surface area contributed by atoms with Crippen molar-refractivity contribution in [1.29, 1.82) is 0 Å². The van der Waals surface area contributed by atoms with Crippen LogP contribution in [0.4, 0.5) is 0 Å². The maximum atomic E-state index is 12.8. The summed E-state index contributed by atoms with van der Waals surface area (Å²) in [6.45, 7) is 11.3. The van der Waals surface area contributed by atoms with Gasteiger partial charge in [-0.15, -0.1) is 0 Å². The first-order valence-corrected chi connectivity index (χ1v) is 16.6. The standard InChI is InChI=1S/C30H51NO5S/c1-19(2)16-22(18-37(34,35)36)31-28(33)11-6-20(3)25-9-10-26-24-8-7-21-17-23(32)12-14-29(21,4)27(24)13-15-30(25,26)5/h19-22,24-27H,6-18H2,1-5H3,(H,31,33)(H,34,35,36)/t20-,21-,22-,24+,25-,26+,27+,29+,30-/m1/s1. The molecule has 0 aromatic rings. The molecule has 4 aliphatic rings. The molecular weight excluding hydrogens is 486 g/mol. The SMILES string of the molecule is CC(C)C[C@H](CS(=O)(=O)O)NC(=O)CC[C@@H](C)[C@H]1CC[C@H]2[C@@H]3CC[C@@H]4CC(=O)CC[C@]4(C)[C@H]3CC[C@]12C. The average molecular weight is 538 g/mol. The third-order valence-electron chi connectivity index (χ3n) is 11.6. The molecule has 9 atom stereocenters. The van der Waals surface area contributed by atoms with Gasteiger partial charge in [-0.1, -0.05) is 34.6 Å². The van der Waals surface area contributed by atoms with Crippen molar-refractivity contribution in [2.45, 2.75) is 118 Å². The molecule has 0 saturated heterocycles. The van der Waals surface area contributed by atoms with Gasteiger partial charge in [0.25, 0.3) is 10.1 Å². The van der Waals surface area contributed by atoms with Crippen molar-refractivity contribution in [3.63, 3.8) is 0 Å². The normalized spacial score (nSPS) is 39.4. The van der Waals surface area contributed by atoms with Crippen LogP contribution in [-0.2, 0) is 19.7 Å². The lowest BCUT2D eigenvalue weighted by Gasteiger charge is -2.60. The predicted molar refractivity (Wildman–Crippen MR) is 146 cm³/mol. The molecule has 0 heterocycles. The van der Waals surface area contributed by atoms with Crippen LogP contribution in [0.1, 0.15) is 112 Å². The van der Waals surface area contributed by atoms with Crippen LogP contribution in [0.25, 0.3) is 0 Å². The van der Waals surface area contributed by atoms with Crippen LogP contribution in [0.5, 0.6) is 0 Å². The van der Waals surface area contributed by atoms with Crippen LogP contribution in [0.15, 0.2) is 0 Å². The van der Waals surface area contributed by atoms with Gasteiger partial charge in [-0.05, 0) is 110 Å². The summed E-state index contributed by atoms with van der Waals surface area (Å²) in [7, 11) is -4.14. The Hall–Kier alpha value is -0.950. The van der Waals surface area contributed by atoms with Gasteiger partial charge in [-0.25, -0.2) is 0 Å². The molecular formula is C30H51NO5S. The van der Waals surface area contributed by atoms with Crippen molar-refractivity contribution >= 4 is 21.8 Å². The van der Waals surface area contributed by atoms with E-state index in [0.717, 1.165) is 43.4 Å². The van der Waals surface area contributed by atoms with Crippen LogP contribution < -0.4 is 5.32 Å². The van der Waals surface area contributed by atoms with E-state index in [1.54, 1.807) is 0 Å². The second-order valence-electron chi connectivity index (χ2n) is 14.3. The Balaban J connectivity index is 1.36. The van der Waals surface area contributed by atoms with Gasteiger partial charge < -0.3 is 5.32 Å². The Morgan fingerprint density at radius 3 is 2.41 bits per heavy atom. The number of Topliss-reactive ketones (excluding diaryl/α,β-unsaturated/α-hetero) is 1. The van der Waals surface area contributed by atoms with Gasteiger partial charge in [0.15, 0.2) is 0 Å². The molecule has 2 N–H and O–H groups in total. The van der Waals surface area contributed by atoms with E-state index in [9.17, 15) is 22.6 Å². The maximum Gasteiger partial charge on any atom is 0.266 e. The first-order valence-electron chi connectivity index (χ1n) is 15.0. The van der Waals surface area contributed by atoms with E-state index in [4.69, 9.17) is 0 Å². The van der Waals surface area contributed by atoms with Crippen molar-refractivity contribution in [1.82, 2.24) is 5.32 Å². The predicted octanol–water partition coefficient (Wildman–Crippen LogP) is 6.05. The molecule has 4 rings (SSSR count). The molecule has 6 nitrogen and oxygen atoms in total. The number of amides is 1. The third-order valence-corrected chi connectivity index (χ3v) is 12.4. The van der Waals surface area contributed by atoms with Crippen LogP contribution in [-0.4, -0.2) is 36.5 Å². The summed E-state index contributed by atoms with van der Waals surface area (Å²) in [5.74, 6) is 4.13. The first kappa shape index (κ1) is 29.0. The van der Waals surface area contributed by atoms with Gasteiger partial charge in [0, 0.05) is 25.3 Å². The molecule has 0 bridgehead atoms. The Bertz CT molecular complexity index is 963. The van der Waals surface area contributed by atoms with Gasteiger partial charge in [0.05, 0.1) is 5.75 Å². The van der Waals surface area contributed by atoms with Gasteiger partial charge in [-0.3, -0.25) is 14.1 Å². The lowest BCUT2D eigenvalue weighted by atomic mass is 9.44. The van der Waals surface area contributed by atoms with Crippen molar-refractivity contribution in [3.05, 3.63) is 0 Å². The minimum atomic E-state index is -4.14. The largest absolute Gasteiger partial charge is 0.352 e. The van der Waals surface area contributed by atoms with E-state index < -0.39 is 21.9 Å². The molecule has 0 aliphatic heterocycles. The number of carbonyl (C=O) groups excluding carboxylic acids is 2. The molecule has 1 amide bonds. The summed E-state index contributed by atoms with van der Waals surface area (Å²) in [6.07, 6.45) is 12.0. The molecule has 0 radical (unpaired) electrons. The number of hydrogen-bond donors (Lipinski definition) is 2. The average Bonchev–Trinajstić information content (AvgIpc) is 3.13. The number of carbonyl (C=O) groups is 2. The van der Waals surface area contributed by atoms with E-state index in [1.165, 1.54) is 38.5 Å². The number of nitrogens with one attached hydrogen (secondary N) is 1. The second-order valence-corrected chi connectivity index (χ2v) is 15.8. The van der Waals surface area contributed by atoms with Crippen LogP contribution >= 0.6 is 0 Å². The van der Waals surface area contributed by atoms with Gasteiger partial charge >= 0.3 is 0 Å². The third kappa shape index (κ3) is 6.13. The second kappa shape index (κ2) is 10.9. The fourth-order valence-corrected chi connectivity index (χ4v) is 10.6. The quantitative estimate of drug-likeness (QED) is 0.349. The highest BCUT2D eigenvalue weighted by molar-refractivity contribution is 7.85. The molecule has 37 heavy (non-hydrogen) atoms. The Morgan fingerprint density at radius 1 is 1.03 bits per heavy atom. The topological polar surface area (TPSA) is 101 Å². The zero-order chi connectivity index (χ0) is 27.2. The molecule has 0 aromatic heterocycles. The number of ketones is 1. The highest BCUT2D eigenvalue weighted by Crippen LogP contribution is 2.68. The Kier molecular flexibility index (Phi) is 8.56. The summed E-state index contributed by atoms with van der Waals surface area (Å²) in [4.78, 5) is 25.0. The molecule has 4 aliphatic carbocycles. The smallest absolute Gasteiger partial charge is 0.266 e. The molecule has 0 aromatic carbocycles. The van der Waals surface area contributed by atoms with Crippen molar-refractivity contribution in [2.75, 3.05) is 5.75 Å². The minimum absolute atomic E-state index is 0.109. The van der Waals surface area contributed by atoms with Gasteiger partial charge in [0.2, 0.25) is 5.91 Å². The van der Waals surface area contributed by atoms with Crippen LogP contribution in [0, 0.1) is 52.3 Å². The minimum Gasteiger partial charge on any atom is -0.352 e. The Morgan fingerprint density at radius 2 is 1.73 bits per heavy atom. The number of fused-ring (bicyclic) bond motifs is 5. The first-order chi connectivity index (χ1) is 17.2. The summed E-state index contributed by atoms with van der Waals surface area (Å²) < 4.78 is 32.1. The highest BCUT2D eigenvalue weighted by Gasteiger charge is 2.60. The molecule has 4 fully saturated rings. The summed E-state index contributed by atoms with van der Waals surface area (Å²) >= 11 is 0. The fourth-order valence-electron chi connectivity index (χ4n) is 9.87. The lowest BCUT2D eigenvalue weighted by molar-refractivity contribution is -0.140. The zero-order valence-corrected chi connectivity index (χ0v) is 24.6. The highest BCUT2D eigenvalue weighted by atomic mass is 32.2. The molecule has 0 spiro atoms. The van der Waals surface area contributed by atoms with Crippen molar-refractivity contribution in [3.8, 4) is 0 Å². The fraction of sp³-hybridized carbons (Fsp3) is 0.933. The summed E-state index contributed by atoms with van der Waals surface area (Å²) in [5, 5.41) is 2.89. The molecule has 7 heteroatoms. The van der Waals surface area contributed by atoms with E-state index in [1.807, 2.05) is 13.8 Å². The zero-order valence-electron chi connectivity index (χ0n) is 23.8. The van der Waals surface area contributed by atoms with Crippen molar-refractivity contribution < 1.29 is 22.6 Å². The van der Waals surface area contributed by atoms with Crippen molar-refractivity contribution in [2.24, 2.45) is 52.3 Å². The van der Waals surface area contributed by atoms with Crippen LogP contribution in [0.3, 0.4) is 0 Å². The van der Waals surface area contributed by atoms with E-state index in [0.29, 0.717) is 47.2 Å². The summed E-state index contributed by atoms with van der Waals surface area (Å²) in [5.41, 5.74) is 0.671. The van der Waals surface area contributed by atoms with Gasteiger partial charge in [0.1, 0.15) is 5.78 Å². The summed E-state index contributed by atoms with van der Waals surface area (Å²) in [6, 6.07) is -0.548.